The minimum Gasteiger partial charge on any atom is -0.265 e. The van der Waals surface area contributed by atoms with Crippen molar-refractivity contribution < 1.29 is 0 Å². The maximum absolute atomic E-state index is 4.22. The Morgan fingerprint density at radius 3 is 1.33 bits per heavy atom. The summed E-state index contributed by atoms with van der Waals surface area (Å²) in [7, 11) is 0. The van der Waals surface area contributed by atoms with Gasteiger partial charge in [0.2, 0.25) is 0 Å². The van der Waals surface area contributed by atoms with Crippen molar-refractivity contribution in [2.75, 3.05) is 0 Å². The minimum absolute atomic E-state index is 1.18. The fraction of sp³-hybridized carbons (Fsp3) is 0. The van der Waals surface area contributed by atoms with E-state index in [9.17, 15) is 0 Å². The maximum atomic E-state index is 4.22. The van der Waals surface area contributed by atoms with Crippen molar-refractivity contribution in [2.45, 2.75) is 0 Å². The van der Waals surface area contributed by atoms with Crippen molar-refractivity contribution in [1.82, 2.24) is 4.98 Å². The highest BCUT2D eigenvalue weighted by Crippen LogP contribution is 2.46. The molecular weight excluding hydrogens is 434 g/mol. The van der Waals surface area contributed by atoms with Gasteiger partial charge in [-0.3, -0.25) is 4.98 Å². The molecule has 0 amide bonds. The zero-order valence-corrected chi connectivity index (χ0v) is 19.7. The lowest BCUT2D eigenvalue weighted by atomic mass is 9.84. The van der Waals surface area contributed by atoms with Crippen molar-refractivity contribution >= 4 is 32.3 Å². The molecule has 1 heteroatoms. The number of fused-ring (bicyclic) bond motifs is 3. The van der Waals surface area contributed by atoms with Gasteiger partial charge in [-0.25, -0.2) is 0 Å². The van der Waals surface area contributed by atoms with E-state index in [1.54, 1.807) is 0 Å². The molecule has 0 unspecified atom stereocenters. The number of rotatable bonds is 3. The summed E-state index contributed by atoms with van der Waals surface area (Å²) in [5.41, 5.74) is 7.50. The Morgan fingerprint density at radius 2 is 0.750 bits per heavy atom. The summed E-state index contributed by atoms with van der Waals surface area (Å²) in [4.78, 5) is 4.22. The Hall–Kier alpha value is -4.75. The Labute approximate surface area is 210 Å². The number of nitrogens with zero attached hydrogens (tertiary/aromatic N) is 1. The molecule has 6 aromatic carbocycles. The third-order valence-electron chi connectivity index (χ3n) is 7.18. The molecule has 1 nitrogen and oxygen atoms in total. The van der Waals surface area contributed by atoms with Crippen LogP contribution in [0.3, 0.4) is 0 Å². The number of hydrogen-bond donors (Lipinski definition) is 0. The molecule has 168 valence electrons. The van der Waals surface area contributed by atoms with Crippen molar-refractivity contribution in [1.29, 1.82) is 0 Å². The molecule has 36 heavy (non-hydrogen) atoms. The van der Waals surface area contributed by atoms with Crippen LogP contribution in [0.2, 0.25) is 0 Å². The van der Waals surface area contributed by atoms with E-state index in [1.165, 1.54) is 65.7 Å². The van der Waals surface area contributed by atoms with E-state index < -0.39 is 0 Å². The molecule has 7 aromatic rings. The van der Waals surface area contributed by atoms with Crippen LogP contribution in [0, 0.1) is 0 Å². The first kappa shape index (κ1) is 20.6. The molecule has 7 rings (SSSR count). The summed E-state index contributed by atoms with van der Waals surface area (Å²) in [6.45, 7) is 0. The van der Waals surface area contributed by atoms with Crippen LogP contribution in [0.25, 0.3) is 65.7 Å². The average molecular weight is 458 g/mol. The van der Waals surface area contributed by atoms with E-state index in [-0.39, 0.29) is 0 Å². The van der Waals surface area contributed by atoms with Crippen LogP contribution < -0.4 is 0 Å². The molecule has 1 aromatic heterocycles. The molecule has 0 radical (unpaired) electrons. The molecule has 0 aliphatic heterocycles. The van der Waals surface area contributed by atoms with Crippen molar-refractivity contribution in [3.8, 4) is 33.4 Å². The minimum atomic E-state index is 1.18. The van der Waals surface area contributed by atoms with Crippen LogP contribution >= 0.6 is 0 Å². The summed E-state index contributed by atoms with van der Waals surface area (Å²) in [5, 5.41) is 7.61. The van der Waals surface area contributed by atoms with Crippen LogP contribution in [0.4, 0.5) is 0 Å². The number of benzene rings is 6. The van der Waals surface area contributed by atoms with Crippen LogP contribution in [-0.2, 0) is 0 Å². The van der Waals surface area contributed by atoms with Crippen molar-refractivity contribution in [3.63, 3.8) is 0 Å². The van der Waals surface area contributed by atoms with Gasteiger partial charge in [-0.05, 0) is 77.8 Å². The van der Waals surface area contributed by atoms with Gasteiger partial charge in [-0.15, -0.1) is 0 Å². The van der Waals surface area contributed by atoms with Gasteiger partial charge in [-0.1, -0.05) is 115 Å². The Kier molecular flexibility index (Phi) is 4.85. The lowest BCUT2D eigenvalue weighted by Crippen LogP contribution is -1.92. The van der Waals surface area contributed by atoms with E-state index in [0.29, 0.717) is 0 Å². The van der Waals surface area contributed by atoms with Gasteiger partial charge in [0.25, 0.3) is 0 Å². The Balaban J connectivity index is 1.62. The van der Waals surface area contributed by atoms with Gasteiger partial charge in [0, 0.05) is 12.4 Å². The largest absolute Gasteiger partial charge is 0.265 e. The van der Waals surface area contributed by atoms with Crippen LogP contribution in [0.1, 0.15) is 0 Å². The first-order valence-corrected chi connectivity index (χ1v) is 12.3. The number of aromatic nitrogens is 1. The second-order valence-corrected chi connectivity index (χ2v) is 9.15. The molecule has 0 fully saturated rings. The number of hydrogen-bond acceptors (Lipinski definition) is 1. The summed E-state index contributed by atoms with van der Waals surface area (Å²) in [6.07, 6.45) is 3.72. The third kappa shape index (κ3) is 3.21. The topological polar surface area (TPSA) is 12.9 Å². The average Bonchev–Trinajstić information content (AvgIpc) is 2.96. The Bertz CT molecular complexity index is 1810. The molecule has 0 saturated carbocycles. The van der Waals surface area contributed by atoms with E-state index in [0.717, 1.165) is 0 Å². The van der Waals surface area contributed by atoms with Gasteiger partial charge in [0.1, 0.15) is 0 Å². The fourth-order valence-electron chi connectivity index (χ4n) is 5.63. The second kappa shape index (κ2) is 8.48. The second-order valence-electron chi connectivity index (χ2n) is 9.15. The molecular formula is C35H23N. The van der Waals surface area contributed by atoms with Crippen molar-refractivity contribution in [3.05, 3.63) is 140 Å². The lowest BCUT2D eigenvalue weighted by molar-refractivity contribution is 1.33. The predicted molar refractivity (Wildman–Crippen MR) is 153 cm³/mol. The third-order valence-corrected chi connectivity index (χ3v) is 7.18. The zero-order valence-electron chi connectivity index (χ0n) is 19.7. The smallest absolute Gasteiger partial charge is 0.0273 e. The molecule has 0 bridgehead atoms. The predicted octanol–water partition coefficient (Wildman–Crippen LogP) is 9.54. The van der Waals surface area contributed by atoms with E-state index in [1.807, 2.05) is 12.4 Å². The molecule has 0 spiro atoms. The van der Waals surface area contributed by atoms with Crippen LogP contribution in [0.15, 0.2) is 140 Å². The van der Waals surface area contributed by atoms with Crippen LogP contribution in [0.5, 0.6) is 0 Å². The Morgan fingerprint density at radius 1 is 0.306 bits per heavy atom. The standard InChI is InChI=1S/C35H23N/c1-2-10-25(11-3-1)34-29-14-6-8-16-31(29)35(32-17-9-7-15-30(32)34)33-19-18-26(24-20-22-36-23-21-24)27-12-4-5-13-28(27)33/h1-23H. The quantitative estimate of drug-likeness (QED) is 0.241. The summed E-state index contributed by atoms with van der Waals surface area (Å²) < 4.78 is 0. The number of pyridine rings is 1. The van der Waals surface area contributed by atoms with Crippen molar-refractivity contribution in [2.24, 2.45) is 0 Å². The first-order chi connectivity index (χ1) is 17.9. The molecule has 1 heterocycles. The van der Waals surface area contributed by atoms with Gasteiger partial charge < -0.3 is 0 Å². The van der Waals surface area contributed by atoms with E-state index in [2.05, 4.69) is 132 Å². The molecule has 0 N–H and O–H groups in total. The molecule has 0 saturated heterocycles. The highest BCUT2D eigenvalue weighted by molar-refractivity contribution is 6.24. The molecule has 0 atom stereocenters. The van der Waals surface area contributed by atoms with E-state index in [4.69, 9.17) is 0 Å². The van der Waals surface area contributed by atoms with Gasteiger partial charge >= 0.3 is 0 Å². The first-order valence-electron chi connectivity index (χ1n) is 12.3. The SMILES string of the molecule is c1ccc(-c2c3ccccc3c(-c3ccc(-c4ccncc4)c4ccccc34)c3ccccc23)cc1. The monoisotopic (exact) mass is 457 g/mol. The highest BCUT2D eigenvalue weighted by atomic mass is 14.6. The maximum Gasteiger partial charge on any atom is 0.0273 e. The summed E-state index contributed by atoms with van der Waals surface area (Å²) in [6, 6.07) is 45.9. The van der Waals surface area contributed by atoms with E-state index >= 15 is 0 Å². The molecule has 0 aliphatic rings. The lowest BCUT2D eigenvalue weighted by Gasteiger charge is -2.19. The zero-order chi connectivity index (χ0) is 23.9. The normalized spacial score (nSPS) is 11.3. The van der Waals surface area contributed by atoms with Gasteiger partial charge in [0.15, 0.2) is 0 Å². The summed E-state index contributed by atoms with van der Waals surface area (Å²) in [5.74, 6) is 0. The fourth-order valence-corrected chi connectivity index (χ4v) is 5.63. The highest BCUT2D eigenvalue weighted by Gasteiger charge is 2.18. The van der Waals surface area contributed by atoms with Crippen LogP contribution in [-0.4, -0.2) is 4.98 Å². The van der Waals surface area contributed by atoms with Gasteiger partial charge in [0.05, 0.1) is 0 Å². The molecule has 0 aliphatic carbocycles. The van der Waals surface area contributed by atoms with Gasteiger partial charge in [-0.2, -0.15) is 0 Å². The summed E-state index contributed by atoms with van der Waals surface area (Å²) >= 11 is 0.